The van der Waals surface area contributed by atoms with Gasteiger partial charge in [-0.3, -0.25) is 4.79 Å². The number of ether oxygens (including phenoxy) is 1. The van der Waals surface area contributed by atoms with Crippen molar-refractivity contribution in [3.63, 3.8) is 0 Å². The lowest BCUT2D eigenvalue weighted by atomic mass is 10.1. The van der Waals surface area contributed by atoms with Crippen LogP contribution in [0.1, 0.15) is 0 Å². The van der Waals surface area contributed by atoms with Crippen molar-refractivity contribution >= 4 is 39.3 Å². The van der Waals surface area contributed by atoms with Crippen molar-refractivity contribution in [1.29, 1.82) is 0 Å². The molecule has 0 radical (unpaired) electrons. The summed E-state index contributed by atoms with van der Waals surface area (Å²) in [5, 5.41) is 9.51. The molecule has 0 unspecified atom stereocenters. The van der Waals surface area contributed by atoms with Crippen LogP contribution in [0.5, 0.6) is 5.75 Å². The molecule has 0 fully saturated rings. The third-order valence-electron chi connectivity index (χ3n) is 2.98. The molecule has 3 rings (SSSR count). The molecule has 0 saturated carbocycles. The van der Waals surface area contributed by atoms with Gasteiger partial charge in [0.05, 0.1) is 23.1 Å². The number of rotatable bonds is 5. The molecule has 0 aliphatic rings. The Bertz CT molecular complexity index is 833. The van der Waals surface area contributed by atoms with Gasteiger partial charge in [0, 0.05) is 10.4 Å². The van der Waals surface area contributed by atoms with Gasteiger partial charge in [-0.05, 0) is 18.2 Å². The number of hydrogen-bond acceptors (Lipinski definition) is 6. The van der Waals surface area contributed by atoms with Crippen molar-refractivity contribution in [2.45, 2.75) is 5.03 Å². The molecule has 2 aromatic heterocycles. The maximum atomic E-state index is 10.7. The molecule has 22 heavy (non-hydrogen) atoms. The molecular weight excluding hydrogens is 320 g/mol. The van der Waals surface area contributed by atoms with Gasteiger partial charge in [0.2, 0.25) is 0 Å². The fourth-order valence-corrected chi connectivity index (χ4v) is 3.99. The number of aromatic nitrogens is 2. The van der Waals surface area contributed by atoms with Gasteiger partial charge in [-0.15, -0.1) is 11.3 Å². The van der Waals surface area contributed by atoms with Crippen LogP contribution in [0.4, 0.5) is 0 Å². The molecule has 0 aliphatic heterocycles. The van der Waals surface area contributed by atoms with E-state index in [1.165, 1.54) is 29.4 Å². The van der Waals surface area contributed by atoms with E-state index in [-0.39, 0.29) is 5.75 Å². The summed E-state index contributed by atoms with van der Waals surface area (Å²) in [6.07, 6.45) is 1.46. The highest BCUT2D eigenvalue weighted by molar-refractivity contribution is 8.00. The van der Waals surface area contributed by atoms with Crippen LogP contribution in [0.2, 0.25) is 0 Å². The number of fused-ring (bicyclic) bond motifs is 1. The number of para-hydroxylation sites is 1. The largest absolute Gasteiger partial charge is 0.496 e. The minimum Gasteiger partial charge on any atom is -0.496 e. The van der Waals surface area contributed by atoms with Crippen LogP contribution < -0.4 is 4.74 Å². The fourth-order valence-electron chi connectivity index (χ4n) is 2.05. The van der Waals surface area contributed by atoms with Gasteiger partial charge >= 0.3 is 5.97 Å². The van der Waals surface area contributed by atoms with Crippen molar-refractivity contribution in [3.8, 4) is 16.2 Å². The van der Waals surface area contributed by atoms with Crippen LogP contribution in [0.25, 0.3) is 20.7 Å². The highest BCUT2D eigenvalue weighted by Gasteiger charge is 2.14. The summed E-state index contributed by atoms with van der Waals surface area (Å²) in [6, 6.07) is 9.74. The van der Waals surface area contributed by atoms with E-state index in [9.17, 15) is 4.79 Å². The highest BCUT2D eigenvalue weighted by atomic mass is 32.2. The maximum absolute atomic E-state index is 10.7. The molecule has 1 N–H and O–H groups in total. The monoisotopic (exact) mass is 332 g/mol. The first-order chi connectivity index (χ1) is 10.7. The Balaban J connectivity index is 2.06. The minimum atomic E-state index is -0.863. The molecule has 0 saturated heterocycles. The van der Waals surface area contributed by atoms with Gasteiger partial charge < -0.3 is 9.84 Å². The summed E-state index contributed by atoms with van der Waals surface area (Å²) in [7, 11) is 1.64. The van der Waals surface area contributed by atoms with Gasteiger partial charge in [-0.1, -0.05) is 23.9 Å². The van der Waals surface area contributed by atoms with Crippen molar-refractivity contribution < 1.29 is 14.6 Å². The number of thiophene rings is 1. The second-order valence-corrected chi connectivity index (χ2v) is 6.40. The Hall–Kier alpha value is -2.12. The molecule has 0 amide bonds. The smallest absolute Gasteiger partial charge is 0.313 e. The molecule has 1 aromatic carbocycles. The number of methoxy groups -OCH3 is 1. The number of nitrogens with zero attached hydrogens (tertiary/aromatic N) is 2. The van der Waals surface area contributed by atoms with Crippen molar-refractivity contribution in [2.24, 2.45) is 0 Å². The number of hydrogen-bond donors (Lipinski definition) is 1. The predicted molar refractivity (Wildman–Crippen MR) is 87.8 cm³/mol. The van der Waals surface area contributed by atoms with Crippen LogP contribution >= 0.6 is 23.1 Å². The van der Waals surface area contributed by atoms with Gasteiger partial charge in [0.15, 0.2) is 0 Å². The first-order valence-corrected chi connectivity index (χ1v) is 8.22. The molecule has 7 heteroatoms. The number of thioether (sulfide) groups is 1. The standard InChI is InChI=1S/C15H12N2O3S2/c1-20-11-5-3-2-4-9(11)12-6-10-14(22-12)15(17-8-16-10)21-7-13(18)19/h2-6,8H,7H2,1H3,(H,18,19). The molecule has 5 nitrogen and oxygen atoms in total. The lowest BCUT2D eigenvalue weighted by Gasteiger charge is -2.05. The van der Waals surface area contributed by atoms with Crippen LogP contribution in [-0.2, 0) is 4.79 Å². The zero-order valence-corrected chi connectivity index (χ0v) is 13.3. The van der Waals surface area contributed by atoms with E-state index in [1.807, 2.05) is 30.3 Å². The van der Waals surface area contributed by atoms with Gasteiger partial charge in [-0.25, -0.2) is 9.97 Å². The number of benzene rings is 1. The zero-order valence-electron chi connectivity index (χ0n) is 11.6. The number of carboxylic acids is 1. The Kier molecular flexibility index (Phi) is 4.26. The van der Waals surface area contributed by atoms with Gasteiger partial charge in [0.25, 0.3) is 0 Å². The third-order valence-corrected chi connectivity index (χ3v) is 5.25. The lowest BCUT2D eigenvalue weighted by molar-refractivity contribution is -0.133. The van der Waals surface area contributed by atoms with E-state index in [4.69, 9.17) is 9.84 Å². The number of carbonyl (C=O) groups is 1. The van der Waals surface area contributed by atoms with Crippen molar-refractivity contribution in [3.05, 3.63) is 36.7 Å². The average Bonchev–Trinajstić information content (AvgIpc) is 2.97. The van der Waals surface area contributed by atoms with Crippen LogP contribution in [0.15, 0.2) is 41.7 Å². The second-order valence-electron chi connectivity index (χ2n) is 4.39. The minimum absolute atomic E-state index is 0.0198. The Labute approximate surface area is 135 Å². The summed E-state index contributed by atoms with van der Waals surface area (Å²) in [6.45, 7) is 0. The Morgan fingerprint density at radius 1 is 1.36 bits per heavy atom. The molecule has 3 aromatic rings. The maximum Gasteiger partial charge on any atom is 0.313 e. The summed E-state index contributed by atoms with van der Waals surface area (Å²) < 4.78 is 6.29. The molecular formula is C15H12N2O3S2. The summed E-state index contributed by atoms with van der Waals surface area (Å²) >= 11 is 2.74. The topological polar surface area (TPSA) is 72.3 Å². The van der Waals surface area contributed by atoms with Crippen LogP contribution in [0, 0.1) is 0 Å². The number of aliphatic carboxylic acids is 1. The Morgan fingerprint density at radius 3 is 2.95 bits per heavy atom. The molecule has 0 spiro atoms. The molecule has 0 atom stereocenters. The summed E-state index contributed by atoms with van der Waals surface area (Å²) in [5.41, 5.74) is 1.80. The van der Waals surface area contributed by atoms with E-state index in [2.05, 4.69) is 9.97 Å². The van der Waals surface area contributed by atoms with Crippen LogP contribution in [0.3, 0.4) is 0 Å². The lowest BCUT2D eigenvalue weighted by Crippen LogP contribution is -1.98. The molecule has 0 aliphatic carbocycles. The first-order valence-electron chi connectivity index (χ1n) is 6.41. The van der Waals surface area contributed by atoms with Crippen molar-refractivity contribution in [1.82, 2.24) is 9.97 Å². The summed E-state index contributed by atoms with van der Waals surface area (Å²) in [5.74, 6) is -0.0893. The SMILES string of the molecule is COc1ccccc1-c1cc2ncnc(SCC(=O)O)c2s1. The van der Waals surface area contributed by atoms with Crippen LogP contribution in [-0.4, -0.2) is 33.9 Å². The van der Waals surface area contributed by atoms with Crippen molar-refractivity contribution in [2.75, 3.05) is 12.9 Å². The van der Waals surface area contributed by atoms with E-state index < -0.39 is 5.97 Å². The quantitative estimate of drug-likeness (QED) is 0.569. The normalized spacial score (nSPS) is 10.8. The number of carboxylic acid groups (broad SMARTS) is 1. The second kappa shape index (κ2) is 6.33. The van der Waals surface area contributed by atoms with E-state index in [0.29, 0.717) is 5.03 Å². The summed E-state index contributed by atoms with van der Waals surface area (Å²) in [4.78, 5) is 20.2. The molecule has 0 bridgehead atoms. The van der Waals surface area contributed by atoms with E-state index >= 15 is 0 Å². The molecule has 2 heterocycles. The zero-order chi connectivity index (χ0) is 15.5. The average molecular weight is 332 g/mol. The molecule has 112 valence electrons. The Morgan fingerprint density at radius 2 is 2.18 bits per heavy atom. The predicted octanol–water partition coefficient (Wildman–Crippen LogP) is 3.54. The third kappa shape index (κ3) is 2.90. The van der Waals surface area contributed by atoms with Gasteiger partial charge in [-0.2, -0.15) is 0 Å². The highest BCUT2D eigenvalue weighted by Crippen LogP contribution is 2.40. The van der Waals surface area contributed by atoms with E-state index in [0.717, 1.165) is 26.4 Å². The fraction of sp³-hybridized carbons (Fsp3) is 0.133. The first kappa shape index (κ1) is 14.8. The van der Waals surface area contributed by atoms with Gasteiger partial charge in [0.1, 0.15) is 17.1 Å². The van der Waals surface area contributed by atoms with E-state index in [1.54, 1.807) is 7.11 Å².